The number of aromatic nitrogens is 3. The summed E-state index contributed by atoms with van der Waals surface area (Å²) in [6, 6.07) is 17.1. The van der Waals surface area contributed by atoms with Gasteiger partial charge in [-0.3, -0.25) is 0 Å². The van der Waals surface area contributed by atoms with Gasteiger partial charge in [0, 0.05) is 41.5 Å². The van der Waals surface area contributed by atoms with Gasteiger partial charge in [0.25, 0.3) is 0 Å². The Hall–Kier alpha value is -3.19. The zero-order valence-corrected chi connectivity index (χ0v) is 17.0. The van der Waals surface area contributed by atoms with Gasteiger partial charge in [-0.1, -0.05) is 24.3 Å². The lowest BCUT2D eigenvalue weighted by molar-refractivity contribution is 0.459. The normalized spacial score (nSPS) is 11.7. The molecule has 148 valence electrons. The molecular formula is C22H21N3O3S. The first-order valence-corrected chi connectivity index (χ1v) is 11.2. The number of nitrogens with one attached hydrogen (secondary N) is 1. The molecule has 7 heteroatoms. The van der Waals surface area contributed by atoms with E-state index >= 15 is 0 Å². The quantitative estimate of drug-likeness (QED) is 0.518. The topological polar surface area (TPSA) is 84.9 Å². The summed E-state index contributed by atoms with van der Waals surface area (Å²) < 4.78 is 29.0. The van der Waals surface area contributed by atoms with Crippen molar-refractivity contribution >= 4 is 20.7 Å². The monoisotopic (exact) mass is 407 g/mol. The van der Waals surface area contributed by atoms with Gasteiger partial charge in [0.1, 0.15) is 11.6 Å². The Kier molecular flexibility index (Phi) is 5.07. The number of aryl methyl sites for hydroxylation is 1. The van der Waals surface area contributed by atoms with Crippen LogP contribution in [0.1, 0.15) is 22.6 Å². The predicted molar refractivity (Wildman–Crippen MR) is 113 cm³/mol. The van der Waals surface area contributed by atoms with Gasteiger partial charge in [0.15, 0.2) is 9.84 Å². The molecule has 0 saturated carbocycles. The summed E-state index contributed by atoms with van der Waals surface area (Å²) in [4.78, 5) is 12.1. The number of ether oxygens (including phenoxy) is 1. The van der Waals surface area contributed by atoms with Crippen molar-refractivity contribution in [2.75, 3.05) is 6.26 Å². The van der Waals surface area contributed by atoms with Crippen LogP contribution in [0.5, 0.6) is 11.6 Å². The van der Waals surface area contributed by atoms with Crippen LogP contribution in [0.3, 0.4) is 0 Å². The summed E-state index contributed by atoms with van der Waals surface area (Å²) in [6.45, 7) is 2.02. The van der Waals surface area contributed by atoms with Crippen LogP contribution in [0.4, 0.5) is 0 Å². The average molecular weight is 407 g/mol. The molecule has 2 aromatic carbocycles. The van der Waals surface area contributed by atoms with Gasteiger partial charge in [-0.05, 0) is 42.3 Å². The van der Waals surface area contributed by atoms with E-state index in [0.29, 0.717) is 23.9 Å². The standard InChI is InChI=1S/C22H21N3O3S/c1-15-10-18-13-19(6-7-20(18)24-15)28-22-8-9-23-21(25-22)12-16-4-3-5-17(11-16)14-29(2,26)27/h3-11,13,24H,12,14H2,1-2H3. The number of nitrogens with zero attached hydrogens (tertiary/aromatic N) is 2. The minimum Gasteiger partial charge on any atom is -0.439 e. The number of hydrogen-bond acceptors (Lipinski definition) is 5. The number of H-pyrrole nitrogens is 1. The molecule has 0 amide bonds. The largest absolute Gasteiger partial charge is 0.439 e. The zero-order chi connectivity index (χ0) is 20.4. The van der Waals surface area contributed by atoms with E-state index in [-0.39, 0.29) is 5.75 Å². The number of fused-ring (bicyclic) bond motifs is 1. The Morgan fingerprint density at radius 2 is 1.86 bits per heavy atom. The molecule has 0 aliphatic carbocycles. The van der Waals surface area contributed by atoms with Crippen LogP contribution in [-0.2, 0) is 22.0 Å². The van der Waals surface area contributed by atoms with E-state index in [2.05, 4.69) is 21.0 Å². The lowest BCUT2D eigenvalue weighted by atomic mass is 10.1. The number of rotatable bonds is 6. The third-order valence-corrected chi connectivity index (χ3v) is 5.27. The van der Waals surface area contributed by atoms with Crippen molar-refractivity contribution in [3.63, 3.8) is 0 Å². The maximum absolute atomic E-state index is 11.5. The van der Waals surface area contributed by atoms with Crippen LogP contribution in [0.25, 0.3) is 10.9 Å². The molecule has 4 aromatic rings. The Bertz CT molecular complexity index is 1280. The van der Waals surface area contributed by atoms with Gasteiger partial charge in [0.05, 0.1) is 5.75 Å². The Labute approximate surface area is 169 Å². The highest BCUT2D eigenvalue weighted by Gasteiger charge is 2.08. The van der Waals surface area contributed by atoms with E-state index in [1.165, 1.54) is 6.26 Å². The van der Waals surface area contributed by atoms with Crippen LogP contribution in [0.15, 0.2) is 60.8 Å². The van der Waals surface area contributed by atoms with E-state index in [4.69, 9.17) is 4.74 Å². The highest BCUT2D eigenvalue weighted by atomic mass is 32.2. The molecule has 2 heterocycles. The van der Waals surface area contributed by atoms with Crippen LogP contribution in [-0.4, -0.2) is 29.6 Å². The lowest BCUT2D eigenvalue weighted by Crippen LogP contribution is -2.02. The van der Waals surface area contributed by atoms with Crippen molar-refractivity contribution in [3.05, 3.63) is 83.4 Å². The van der Waals surface area contributed by atoms with Crippen molar-refractivity contribution in [2.45, 2.75) is 19.1 Å². The molecular weight excluding hydrogens is 386 g/mol. The molecule has 0 aliphatic heterocycles. The molecule has 29 heavy (non-hydrogen) atoms. The lowest BCUT2D eigenvalue weighted by Gasteiger charge is -2.07. The second-order valence-electron chi connectivity index (χ2n) is 7.18. The van der Waals surface area contributed by atoms with E-state index in [0.717, 1.165) is 27.7 Å². The van der Waals surface area contributed by atoms with Crippen molar-refractivity contribution < 1.29 is 13.2 Å². The summed E-state index contributed by atoms with van der Waals surface area (Å²) in [5.74, 6) is 1.80. The molecule has 0 saturated heterocycles. The molecule has 0 radical (unpaired) electrons. The van der Waals surface area contributed by atoms with Gasteiger partial charge in [-0.2, -0.15) is 4.98 Å². The number of aromatic amines is 1. The Morgan fingerprint density at radius 1 is 1.03 bits per heavy atom. The molecule has 0 spiro atoms. The van der Waals surface area contributed by atoms with Gasteiger partial charge >= 0.3 is 0 Å². The maximum Gasteiger partial charge on any atom is 0.222 e. The van der Waals surface area contributed by atoms with E-state index < -0.39 is 9.84 Å². The first-order valence-electron chi connectivity index (χ1n) is 9.19. The fraction of sp³-hybridized carbons (Fsp3) is 0.182. The van der Waals surface area contributed by atoms with Gasteiger partial charge in [-0.25, -0.2) is 13.4 Å². The SMILES string of the molecule is Cc1cc2cc(Oc3ccnc(Cc4cccc(CS(C)(=O)=O)c4)n3)ccc2[nH]1. The Balaban J connectivity index is 1.52. The second-order valence-corrected chi connectivity index (χ2v) is 9.32. The molecule has 0 fully saturated rings. The number of sulfone groups is 1. The van der Waals surface area contributed by atoms with E-state index in [9.17, 15) is 8.42 Å². The van der Waals surface area contributed by atoms with Crippen molar-refractivity contribution in [1.82, 2.24) is 15.0 Å². The van der Waals surface area contributed by atoms with Crippen LogP contribution < -0.4 is 4.74 Å². The van der Waals surface area contributed by atoms with E-state index in [1.807, 2.05) is 49.4 Å². The summed E-state index contributed by atoms with van der Waals surface area (Å²) in [6.07, 6.45) is 3.39. The molecule has 0 bridgehead atoms. The molecule has 0 aliphatic rings. The number of benzene rings is 2. The molecule has 2 aromatic heterocycles. The third kappa shape index (κ3) is 5.00. The molecule has 0 unspecified atom stereocenters. The molecule has 1 N–H and O–H groups in total. The minimum absolute atomic E-state index is 0.0198. The smallest absolute Gasteiger partial charge is 0.222 e. The van der Waals surface area contributed by atoms with Crippen LogP contribution >= 0.6 is 0 Å². The van der Waals surface area contributed by atoms with Crippen LogP contribution in [0, 0.1) is 6.92 Å². The first kappa shape index (κ1) is 19.1. The first-order chi connectivity index (χ1) is 13.8. The third-order valence-electron chi connectivity index (χ3n) is 4.41. The van der Waals surface area contributed by atoms with Crippen LogP contribution in [0.2, 0.25) is 0 Å². The molecule has 6 nitrogen and oxygen atoms in total. The van der Waals surface area contributed by atoms with Crippen molar-refractivity contribution in [1.29, 1.82) is 0 Å². The summed E-state index contributed by atoms with van der Waals surface area (Å²) in [7, 11) is -3.08. The Morgan fingerprint density at radius 3 is 2.69 bits per heavy atom. The maximum atomic E-state index is 11.5. The summed E-state index contributed by atoms with van der Waals surface area (Å²) in [5.41, 5.74) is 3.87. The summed E-state index contributed by atoms with van der Waals surface area (Å²) in [5, 5.41) is 1.08. The highest BCUT2D eigenvalue weighted by molar-refractivity contribution is 7.89. The van der Waals surface area contributed by atoms with Crippen molar-refractivity contribution in [3.8, 4) is 11.6 Å². The van der Waals surface area contributed by atoms with Gasteiger partial charge in [-0.15, -0.1) is 0 Å². The minimum atomic E-state index is -3.08. The summed E-state index contributed by atoms with van der Waals surface area (Å²) >= 11 is 0. The van der Waals surface area contributed by atoms with E-state index in [1.54, 1.807) is 12.3 Å². The number of hydrogen-bond donors (Lipinski definition) is 1. The molecule has 4 rings (SSSR count). The average Bonchev–Trinajstić information content (AvgIpc) is 3.00. The second kappa shape index (κ2) is 7.67. The zero-order valence-electron chi connectivity index (χ0n) is 16.2. The van der Waals surface area contributed by atoms with Gasteiger partial charge < -0.3 is 9.72 Å². The fourth-order valence-electron chi connectivity index (χ4n) is 3.28. The highest BCUT2D eigenvalue weighted by Crippen LogP contribution is 2.25. The predicted octanol–water partition coefficient (Wildman–Crippen LogP) is 4.19. The van der Waals surface area contributed by atoms with Gasteiger partial charge in [0.2, 0.25) is 5.88 Å². The fourth-order valence-corrected chi connectivity index (χ4v) is 4.06. The van der Waals surface area contributed by atoms with Crippen molar-refractivity contribution in [2.24, 2.45) is 0 Å². The molecule has 0 atom stereocenters.